The number of furan rings is 1. The number of nitrogens with two attached hydrogens (primary N) is 1. The average molecular weight is 568 g/mol. The van der Waals surface area contributed by atoms with Gasteiger partial charge in [-0.3, -0.25) is 14.5 Å². The number of hydrogen-bond acceptors (Lipinski definition) is 7. The van der Waals surface area contributed by atoms with Gasteiger partial charge in [-0.15, -0.1) is 0 Å². The monoisotopic (exact) mass is 567 g/mol. The molecule has 3 aromatic carbocycles. The van der Waals surface area contributed by atoms with Crippen LogP contribution in [0.4, 0.5) is 21.6 Å². The number of ether oxygens (including phenoxy) is 1. The minimum absolute atomic E-state index is 0.0282. The number of allylic oxidation sites excluding steroid dienone is 1. The summed E-state index contributed by atoms with van der Waals surface area (Å²) in [7, 11) is 0. The van der Waals surface area contributed by atoms with E-state index in [2.05, 4.69) is 5.32 Å². The number of amides is 1. The zero-order valence-corrected chi connectivity index (χ0v) is 23.2. The Hall–Kier alpha value is -5.05. The van der Waals surface area contributed by atoms with Gasteiger partial charge in [0.2, 0.25) is 0 Å². The van der Waals surface area contributed by atoms with Crippen molar-refractivity contribution in [3.05, 3.63) is 113 Å². The molecule has 0 fully saturated rings. The lowest BCUT2D eigenvalue weighted by molar-refractivity contribution is -0.118. The van der Waals surface area contributed by atoms with Gasteiger partial charge in [0.1, 0.15) is 29.6 Å². The Morgan fingerprint density at radius 3 is 2.60 bits per heavy atom. The van der Waals surface area contributed by atoms with Crippen molar-refractivity contribution in [3.8, 4) is 11.5 Å². The van der Waals surface area contributed by atoms with Gasteiger partial charge in [0.25, 0.3) is 5.91 Å². The lowest BCUT2D eigenvalue weighted by atomic mass is 9.73. The number of benzene rings is 3. The lowest BCUT2D eigenvalue weighted by Gasteiger charge is -2.37. The number of nitrogen functional groups attached to an aromatic ring is 1. The number of phenolic OH excluding ortho intramolecular Hbond substituents is 1. The molecule has 214 valence electrons. The maximum Gasteiger partial charge on any atom is 0.294 e. The Morgan fingerprint density at radius 2 is 1.88 bits per heavy atom. The molecule has 0 saturated heterocycles. The second kappa shape index (κ2) is 10.4. The van der Waals surface area contributed by atoms with Crippen molar-refractivity contribution < 1.29 is 28.2 Å². The number of ketones is 1. The van der Waals surface area contributed by atoms with Crippen molar-refractivity contribution in [2.75, 3.05) is 16.0 Å². The first-order valence-electron chi connectivity index (χ1n) is 13.6. The van der Waals surface area contributed by atoms with Crippen LogP contribution in [0.2, 0.25) is 0 Å². The van der Waals surface area contributed by atoms with Crippen LogP contribution in [0, 0.1) is 11.2 Å². The highest BCUT2D eigenvalue weighted by Gasteiger charge is 2.45. The quantitative estimate of drug-likeness (QED) is 0.229. The molecule has 4 aromatic rings. The van der Waals surface area contributed by atoms with E-state index in [0.717, 1.165) is 5.56 Å². The Labute approximate surface area is 242 Å². The van der Waals surface area contributed by atoms with Crippen molar-refractivity contribution in [1.82, 2.24) is 0 Å². The fourth-order valence-corrected chi connectivity index (χ4v) is 5.71. The number of nitrogens with zero attached hydrogens (tertiary/aromatic N) is 1. The van der Waals surface area contributed by atoms with Crippen molar-refractivity contribution in [3.63, 3.8) is 0 Å². The zero-order valence-electron chi connectivity index (χ0n) is 23.2. The van der Waals surface area contributed by atoms with E-state index in [1.165, 1.54) is 35.2 Å². The molecular formula is C33H30FN3O5. The van der Waals surface area contributed by atoms with Crippen molar-refractivity contribution >= 4 is 28.9 Å². The predicted molar refractivity (Wildman–Crippen MR) is 157 cm³/mol. The maximum atomic E-state index is 16.2. The molecule has 6 rings (SSSR count). The third kappa shape index (κ3) is 4.98. The molecule has 0 radical (unpaired) electrons. The molecular weight excluding hydrogens is 537 g/mol. The van der Waals surface area contributed by atoms with Gasteiger partial charge in [0, 0.05) is 35.4 Å². The number of aromatic hydroxyl groups is 1. The number of fused-ring (bicyclic) bond motifs is 1. The first-order chi connectivity index (χ1) is 20.1. The van der Waals surface area contributed by atoms with Crippen LogP contribution in [-0.4, -0.2) is 16.8 Å². The summed E-state index contributed by atoms with van der Waals surface area (Å²) in [5, 5.41) is 14.1. The number of halogens is 1. The third-order valence-electron chi connectivity index (χ3n) is 7.58. The molecule has 0 bridgehead atoms. The number of para-hydroxylation sites is 1. The first-order valence-corrected chi connectivity index (χ1v) is 13.6. The van der Waals surface area contributed by atoms with E-state index in [4.69, 9.17) is 14.9 Å². The fourth-order valence-electron chi connectivity index (χ4n) is 5.71. The lowest BCUT2D eigenvalue weighted by Crippen LogP contribution is -2.39. The molecule has 1 aliphatic carbocycles. The van der Waals surface area contributed by atoms with Crippen LogP contribution in [-0.2, 0) is 11.4 Å². The SMILES string of the molecule is CC1(C)CC(=O)C2=C(C1)Nc1c(O)cccc1N(C(=O)c1ccc(N)o1)C2c1ccc(OCc2ccccc2)cc1F. The predicted octanol–water partition coefficient (Wildman–Crippen LogP) is 6.74. The smallest absolute Gasteiger partial charge is 0.294 e. The first kappa shape index (κ1) is 27.1. The molecule has 8 nitrogen and oxygen atoms in total. The average Bonchev–Trinajstić information content (AvgIpc) is 3.32. The molecule has 1 aliphatic heterocycles. The Bertz CT molecular complexity index is 1730. The summed E-state index contributed by atoms with van der Waals surface area (Å²) in [5.74, 6) is -1.43. The normalized spacial score (nSPS) is 17.6. The van der Waals surface area contributed by atoms with Gasteiger partial charge in [-0.2, -0.15) is 0 Å². The van der Waals surface area contributed by atoms with Crippen LogP contribution < -0.4 is 20.7 Å². The topological polar surface area (TPSA) is 118 Å². The van der Waals surface area contributed by atoms with Gasteiger partial charge in [-0.1, -0.05) is 50.2 Å². The number of carbonyl (C=O) groups excluding carboxylic acids is 2. The summed E-state index contributed by atoms with van der Waals surface area (Å²) >= 11 is 0. The van der Waals surface area contributed by atoms with Gasteiger partial charge < -0.3 is 25.3 Å². The van der Waals surface area contributed by atoms with Gasteiger partial charge in [-0.05, 0) is 47.7 Å². The minimum Gasteiger partial charge on any atom is -0.506 e. The summed E-state index contributed by atoms with van der Waals surface area (Å²) in [6, 6.07) is 20.3. The molecule has 1 atom stereocenters. The van der Waals surface area contributed by atoms with E-state index in [0.29, 0.717) is 17.9 Å². The standard InChI is InChI=1S/C33H30FN3O5/c1-33(2)16-23-29(26(39)17-33)31(21-12-11-20(15-22(21)34)41-18-19-7-4-3-5-8-19)37(32(40)27-13-14-28(35)42-27)24-9-6-10-25(38)30(24)36-23/h3-15,31,36,38H,16-18,35H2,1-2H3. The summed E-state index contributed by atoms with van der Waals surface area (Å²) in [5.41, 5.74) is 7.64. The highest BCUT2D eigenvalue weighted by atomic mass is 19.1. The maximum absolute atomic E-state index is 16.2. The molecule has 1 unspecified atom stereocenters. The van der Waals surface area contributed by atoms with E-state index in [9.17, 15) is 14.7 Å². The van der Waals surface area contributed by atoms with E-state index in [-0.39, 0.29) is 58.7 Å². The second-order valence-electron chi connectivity index (χ2n) is 11.4. The highest BCUT2D eigenvalue weighted by Crippen LogP contribution is 2.51. The van der Waals surface area contributed by atoms with Crippen LogP contribution in [0.5, 0.6) is 11.5 Å². The Morgan fingerprint density at radius 1 is 1.10 bits per heavy atom. The number of Topliss-reactive ketones (excluding diaryl/α,β-unsaturated/α-hetero) is 1. The molecule has 42 heavy (non-hydrogen) atoms. The van der Waals surface area contributed by atoms with Gasteiger partial charge in [0.05, 0.1) is 11.7 Å². The van der Waals surface area contributed by atoms with Crippen LogP contribution in [0.25, 0.3) is 0 Å². The molecule has 2 heterocycles. The second-order valence-corrected chi connectivity index (χ2v) is 11.4. The Kier molecular flexibility index (Phi) is 6.73. The van der Waals surface area contributed by atoms with Gasteiger partial charge in [-0.25, -0.2) is 4.39 Å². The van der Waals surface area contributed by atoms with E-state index >= 15 is 4.39 Å². The summed E-state index contributed by atoms with van der Waals surface area (Å²) in [4.78, 5) is 29.3. The number of rotatable bonds is 5. The Balaban J connectivity index is 1.52. The molecule has 0 saturated carbocycles. The van der Waals surface area contributed by atoms with E-state index in [1.807, 2.05) is 44.2 Å². The highest BCUT2D eigenvalue weighted by molar-refractivity contribution is 6.11. The molecule has 4 N–H and O–H groups in total. The number of anilines is 3. The van der Waals surface area contributed by atoms with Crippen LogP contribution in [0.3, 0.4) is 0 Å². The van der Waals surface area contributed by atoms with E-state index in [1.54, 1.807) is 18.2 Å². The minimum atomic E-state index is -1.18. The van der Waals surface area contributed by atoms with E-state index < -0.39 is 23.2 Å². The van der Waals surface area contributed by atoms with Crippen molar-refractivity contribution in [2.24, 2.45) is 5.41 Å². The summed E-state index contributed by atoms with van der Waals surface area (Å²) in [6.45, 7) is 4.18. The van der Waals surface area contributed by atoms with Gasteiger partial charge in [0.15, 0.2) is 17.4 Å². The molecule has 2 aliphatic rings. The third-order valence-corrected chi connectivity index (χ3v) is 7.58. The molecule has 0 spiro atoms. The largest absolute Gasteiger partial charge is 0.506 e. The summed E-state index contributed by atoms with van der Waals surface area (Å²) in [6.07, 6.45) is 0.635. The van der Waals surface area contributed by atoms with Gasteiger partial charge >= 0.3 is 0 Å². The molecule has 1 amide bonds. The summed E-state index contributed by atoms with van der Waals surface area (Å²) < 4.78 is 27.5. The number of nitrogens with one attached hydrogen (secondary N) is 1. The zero-order chi connectivity index (χ0) is 29.6. The van der Waals surface area contributed by atoms with Crippen molar-refractivity contribution in [1.29, 1.82) is 0 Å². The van der Waals surface area contributed by atoms with Crippen LogP contribution in [0.15, 0.2) is 94.6 Å². The number of hydrogen-bond donors (Lipinski definition) is 3. The number of phenols is 1. The number of carbonyl (C=O) groups is 2. The molecule has 9 heteroatoms. The van der Waals surface area contributed by atoms with Crippen molar-refractivity contribution in [2.45, 2.75) is 39.3 Å². The molecule has 1 aromatic heterocycles. The van der Waals surface area contributed by atoms with Crippen LogP contribution >= 0.6 is 0 Å². The fraction of sp³-hybridized carbons (Fsp3) is 0.212. The van der Waals surface area contributed by atoms with Crippen LogP contribution in [0.1, 0.15) is 54.4 Å².